The Morgan fingerprint density at radius 1 is 0.605 bits per heavy atom. The second kappa shape index (κ2) is 21.0. The van der Waals surface area contributed by atoms with Gasteiger partial charge in [-0.25, -0.2) is 4.79 Å². The van der Waals surface area contributed by atoms with E-state index in [0.717, 1.165) is 30.4 Å². The van der Waals surface area contributed by atoms with E-state index in [1.165, 1.54) is 12.5 Å². The Balaban J connectivity index is 1.05. The molecule has 9 rings (SSSR count). The number of aliphatic carboxylic acids is 1. The summed E-state index contributed by atoms with van der Waals surface area (Å²) in [5.41, 5.74) is 0.794. The number of hydrogen-bond donors (Lipinski definition) is 13. The molecule has 5 aliphatic carbocycles. The minimum Gasteiger partial charge on any atom is -0.479 e. The van der Waals surface area contributed by atoms with E-state index in [4.69, 9.17) is 37.9 Å². The first-order valence-electron chi connectivity index (χ1n) is 26.9. The SMILES string of the molecule is C[C@@H]1O[C@@H](O[C@H]2[C@H](O[C@H]3[C@H](O)[C@@H](C(=O)O)O[C@@H](O[C@H]4CC[C@]5(C)[C@H]6CC=C7C8=C(C[C@@H](O)C(C)(C)C8)C(=O)C[C@@]7(C)[C@]6(C)CC[C@H]5C4(C)C)[C@@H]3O[C@@H]3O[C@H](CO)[C@@H](O)[C@H](O)[C@H]3O)O[C@H](CO)[C@H](O)[C@@H]2O)[C@H](O)[C@H](O)[C@H]1O. The second-order valence-electron chi connectivity index (χ2n) is 25.3. The van der Waals surface area contributed by atoms with Crippen LogP contribution in [0.2, 0.25) is 0 Å². The molecular formula is C53H82O23. The largest absolute Gasteiger partial charge is 0.479 e. The van der Waals surface area contributed by atoms with Gasteiger partial charge in [-0.2, -0.15) is 0 Å². The standard InChI is InChI=1S/C53H82O23/c1-20-31(58)34(61)37(64)45(69-20)75-42-36(63)33(60)26(19-55)71-47(42)73-40-39(66)41(44(67)68)74-48(43(40)76-46-38(65)35(62)32(59)25(18-54)70-46)72-30-12-13-51(6)27(50(30,4)5)11-14-52(7)28(51)10-9-23-22-16-49(2,3)29(57)15-21(22)24(56)17-53(23,52)8/h9,20,25-43,45-48,54-55,57-66H,10-19H2,1-8H3,(H,67,68)/t20-,25+,26+,27-,28+,29+,30-,31-,32+,33-,34+,35-,36-,37+,38+,39-,40-,41-,42+,43+,45-,46-,47-,48+,51-,52+,53+/m0/s1. The predicted molar refractivity (Wildman–Crippen MR) is 258 cm³/mol. The lowest BCUT2D eigenvalue weighted by Gasteiger charge is -2.69. The number of carbonyl (C=O) groups excluding carboxylic acids is 1. The maximum Gasteiger partial charge on any atom is 0.335 e. The molecule has 9 aliphatic rings. The Morgan fingerprint density at radius 3 is 1.80 bits per heavy atom. The van der Waals surface area contributed by atoms with E-state index in [9.17, 15) is 76.0 Å². The summed E-state index contributed by atoms with van der Waals surface area (Å²) >= 11 is 0. The van der Waals surface area contributed by atoms with E-state index in [0.29, 0.717) is 32.1 Å². The van der Waals surface area contributed by atoms with Crippen molar-refractivity contribution in [3.8, 4) is 0 Å². The van der Waals surface area contributed by atoms with Gasteiger partial charge in [-0.15, -0.1) is 0 Å². The molecule has 0 aromatic rings. The third-order valence-corrected chi connectivity index (χ3v) is 20.3. The lowest BCUT2D eigenvalue weighted by molar-refractivity contribution is -0.406. The highest BCUT2D eigenvalue weighted by atomic mass is 16.8. The van der Waals surface area contributed by atoms with Crippen molar-refractivity contribution in [1.29, 1.82) is 0 Å². The van der Waals surface area contributed by atoms with Gasteiger partial charge in [0.2, 0.25) is 0 Å². The van der Waals surface area contributed by atoms with Gasteiger partial charge >= 0.3 is 5.97 Å². The van der Waals surface area contributed by atoms with Gasteiger partial charge in [0.1, 0.15) is 85.5 Å². The van der Waals surface area contributed by atoms with Crippen LogP contribution < -0.4 is 0 Å². The van der Waals surface area contributed by atoms with Gasteiger partial charge in [-0.05, 0) is 90.1 Å². The highest BCUT2D eigenvalue weighted by Crippen LogP contribution is 2.74. The first-order valence-corrected chi connectivity index (χ1v) is 26.9. The fourth-order valence-corrected chi connectivity index (χ4v) is 15.4. The molecule has 6 fully saturated rings. The monoisotopic (exact) mass is 1090 g/mol. The van der Waals surface area contributed by atoms with Crippen LogP contribution in [-0.4, -0.2) is 226 Å². The Morgan fingerprint density at radius 2 is 1.17 bits per heavy atom. The van der Waals surface area contributed by atoms with E-state index in [1.807, 2.05) is 13.8 Å². The van der Waals surface area contributed by atoms with Gasteiger partial charge in [-0.3, -0.25) is 4.79 Å². The van der Waals surface area contributed by atoms with Crippen LogP contribution in [0, 0.1) is 38.9 Å². The van der Waals surface area contributed by atoms with Crippen LogP contribution in [0.3, 0.4) is 0 Å². The summed E-state index contributed by atoms with van der Waals surface area (Å²) in [6, 6.07) is 0. The molecule has 0 bridgehead atoms. The van der Waals surface area contributed by atoms with Crippen LogP contribution in [0.25, 0.3) is 0 Å². The first kappa shape index (κ1) is 58.5. The second-order valence-corrected chi connectivity index (χ2v) is 25.3. The number of rotatable bonds is 11. The van der Waals surface area contributed by atoms with Gasteiger partial charge in [0.15, 0.2) is 37.0 Å². The molecule has 0 radical (unpaired) electrons. The molecule has 4 heterocycles. The topological polar surface area (TPSA) is 371 Å². The number of carboxylic acid groups (broad SMARTS) is 1. The van der Waals surface area contributed by atoms with E-state index in [2.05, 4.69) is 40.7 Å². The van der Waals surface area contributed by atoms with Crippen LogP contribution >= 0.6 is 0 Å². The summed E-state index contributed by atoms with van der Waals surface area (Å²) < 4.78 is 48.9. The highest BCUT2D eigenvalue weighted by molar-refractivity contribution is 6.00. The number of hydrogen-bond acceptors (Lipinski definition) is 22. The molecule has 432 valence electrons. The van der Waals surface area contributed by atoms with Crippen molar-refractivity contribution in [3.05, 3.63) is 22.8 Å². The van der Waals surface area contributed by atoms with Crippen LogP contribution in [0.15, 0.2) is 22.8 Å². The Kier molecular flexibility index (Phi) is 16.1. The quantitative estimate of drug-likeness (QED) is 0.104. The zero-order valence-electron chi connectivity index (χ0n) is 44.4. The van der Waals surface area contributed by atoms with Crippen LogP contribution in [-0.2, 0) is 47.5 Å². The Labute approximate surface area is 441 Å². The van der Waals surface area contributed by atoms with Gasteiger partial charge in [0.05, 0.1) is 31.5 Å². The smallest absolute Gasteiger partial charge is 0.335 e. The summed E-state index contributed by atoms with van der Waals surface area (Å²) in [5.74, 6) is -1.53. The molecule has 76 heavy (non-hydrogen) atoms. The highest BCUT2D eigenvalue weighted by Gasteiger charge is 2.68. The number of aliphatic hydroxyl groups excluding tert-OH is 12. The number of ether oxygens (including phenoxy) is 8. The Bertz CT molecular complexity index is 2220. The summed E-state index contributed by atoms with van der Waals surface area (Å²) in [5, 5.41) is 141. The zero-order valence-corrected chi connectivity index (χ0v) is 44.4. The maximum absolute atomic E-state index is 14.2. The fourth-order valence-electron chi connectivity index (χ4n) is 15.4. The summed E-state index contributed by atoms with van der Waals surface area (Å²) in [6.45, 7) is 14.6. The first-order chi connectivity index (χ1) is 35.5. The molecule has 27 atom stereocenters. The molecule has 4 aliphatic heterocycles. The van der Waals surface area contributed by atoms with Gasteiger partial charge < -0.3 is 104 Å². The molecule has 0 unspecified atom stereocenters. The molecule has 2 saturated carbocycles. The molecule has 0 aromatic heterocycles. The molecule has 4 saturated heterocycles. The van der Waals surface area contributed by atoms with Gasteiger partial charge in [-0.1, -0.05) is 54.5 Å². The van der Waals surface area contributed by atoms with Crippen molar-refractivity contribution in [1.82, 2.24) is 0 Å². The van der Waals surface area contributed by atoms with Crippen molar-refractivity contribution >= 4 is 11.8 Å². The number of allylic oxidation sites excluding steroid dienone is 3. The number of carboxylic acids is 1. The van der Waals surface area contributed by atoms with Gasteiger partial charge in [0, 0.05) is 23.8 Å². The maximum atomic E-state index is 14.2. The lowest BCUT2D eigenvalue weighted by atomic mass is 9.35. The molecule has 0 amide bonds. The van der Waals surface area contributed by atoms with Crippen LogP contribution in [0.1, 0.15) is 107 Å². The average molecular weight is 1090 g/mol. The fraction of sp³-hybridized carbons (Fsp3) is 0.887. The number of carbonyl (C=O) groups is 2. The predicted octanol–water partition coefficient (Wildman–Crippen LogP) is -1.59. The van der Waals surface area contributed by atoms with Crippen molar-refractivity contribution in [2.75, 3.05) is 13.2 Å². The molecular weight excluding hydrogens is 1000 g/mol. The van der Waals surface area contributed by atoms with Crippen LogP contribution in [0.4, 0.5) is 0 Å². The van der Waals surface area contributed by atoms with Crippen LogP contribution in [0.5, 0.6) is 0 Å². The zero-order chi connectivity index (χ0) is 55.7. The molecule has 23 nitrogen and oxygen atoms in total. The minimum atomic E-state index is -2.24. The Hall–Kier alpha value is -2.18. The summed E-state index contributed by atoms with van der Waals surface area (Å²) in [4.78, 5) is 27.3. The van der Waals surface area contributed by atoms with E-state index in [-0.39, 0.29) is 28.4 Å². The van der Waals surface area contributed by atoms with E-state index >= 15 is 0 Å². The lowest BCUT2D eigenvalue weighted by Crippen LogP contribution is -2.69. The number of aliphatic hydroxyl groups is 12. The minimum absolute atomic E-state index is 0.0360. The molecule has 23 heteroatoms. The molecule has 0 aromatic carbocycles. The summed E-state index contributed by atoms with van der Waals surface area (Å²) in [6.07, 6.45) is -31.8. The molecule has 0 spiro atoms. The normalized spacial score (nSPS) is 52.2. The van der Waals surface area contributed by atoms with E-state index < -0.39 is 170 Å². The third kappa shape index (κ3) is 9.39. The van der Waals surface area contributed by atoms with Crippen molar-refractivity contribution in [3.63, 3.8) is 0 Å². The number of Topliss-reactive ketones (excluding diaryl/α,β-unsaturated/α-hetero) is 1. The summed E-state index contributed by atoms with van der Waals surface area (Å²) in [7, 11) is 0. The number of ketones is 1. The number of fused-ring (bicyclic) bond motifs is 6. The van der Waals surface area contributed by atoms with Crippen molar-refractivity contribution in [2.45, 2.75) is 242 Å². The van der Waals surface area contributed by atoms with Crippen molar-refractivity contribution in [2.24, 2.45) is 38.9 Å². The van der Waals surface area contributed by atoms with E-state index in [1.54, 1.807) is 0 Å². The average Bonchev–Trinajstić information content (AvgIpc) is 3.37. The molecule has 13 N–H and O–H groups in total. The van der Waals surface area contributed by atoms with Crippen molar-refractivity contribution < 1.29 is 114 Å². The van der Waals surface area contributed by atoms with Gasteiger partial charge in [0.25, 0.3) is 0 Å². The third-order valence-electron chi connectivity index (χ3n) is 20.3.